The van der Waals surface area contributed by atoms with E-state index < -0.39 is 11.6 Å². The van der Waals surface area contributed by atoms with E-state index in [0.29, 0.717) is 13.0 Å². The van der Waals surface area contributed by atoms with Gasteiger partial charge in [0.2, 0.25) is 0 Å². The largest absolute Gasteiger partial charge is 0.494 e. The van der Waals surface area contributed by atoms with Gasteiger partial charge in [-0.2, -0.15) is 0 Å². The molecule has 90 valence electrons. The molecular formula is C11H16F2N2O. The topological polar surface area (TPSA) is 47.3 Å². The van der Waals surface area contributed by atoms with Crippen molar-refractivity contribution in [3.8, 4) is 5.75 Å². The highest BCUT2D eigenvalue weighted by Crippen LogP contribution is 2.24. The molecule has 0 heterocycles. The summed E-state index contributed by atoms with van der Waals surface area (Å²) in [5.74, 6) is -1.23. The number of anilines is 1. The minimum absolute atomic E-state index is 0.0265. The molecule has 0 radical (unpaired) electrons. The Morgan fingerprint density at radius 1 is 1.38 bits per heavy atom. The van der Waals surface area contributed by atoms with Crippen LogP contribution in [0.3, 0.4) is 0 Å². The fourth-order valence-electron chi connectivity index (χ4n) is 1.25. The standard InChI is InChI=1S/C11H16F2N2O/c1-7(14)3-4-15-10-5-9(13)11(16-2)6-8(10)12/h5-7,15H,3-4,14H2,1-2H3. The highest BCUT2D eigenvalue weighted by molar-refractivity contribution is 5.48. The van der Waals surface area contributed by atoms with Crippen molar-refractivity contribution in [2.45, 2.75) is 19.4 Å². The van der Waals surface area contributed by atoms with Gasteiger partial charge in [0.15, 0.2) is 11.6 Å². The van der Waals surface area contributed by atoms with E-state index in [0.717, 1.165) is 12.1 Å². The average Bonchev–Trinajstić information content (AvgIpc) is 2.22. The number of hydrogen-bond donors (Lipinski definition) is 2. The second kappa shape index (κ2) is 5.65. The normalized spacial score (nSPS) is 12.3. The Balaban J connectivity index is 2.70. The second-order valence-corrected chi connectivity index (χ2v) is 3.66. The molecule has 1 aromatic carbocycles. The molecule has 1 unspecified atom stereocenters. The summed E-state index contributed by atoms with van der Waals surface area (Å²) >= 11 is 0. The molecule has 16 heavy (non-hydrogen) atoms. The van der Waals surface area contributed by atoms with Gasteiger partial charge >= 0.3 is 0 Å². The Morgan fingerprint density at radius 2 is 2.06 bits per heavy atom. The van der Waals surface area contributed by atoms with Gasteiger partial charge in [0.05, 0.1) is 12.8 Å². The Hall–Kier alpha value is -1.36. The van der Waals surface area contributed by atoms with Gasteiger partial charge in [0.25, 0.3) is 0 Å². The molecule has 0 aromatic heterocycles. The van der Waals surface area contributed by atoms with E-state index in [1.165, 1.54) is 7.11 Å². The first-order valence-electron chi connectivity index (χ1n) is 5.07. The van der Waals surface area contributed by atoms with Crippen LogP contribution in [0, 0.1) is 11.6 Å². The molecule has 1 aromatic rings. The molecule has 0 aliphatic rings. The fraction of sp³-hybridized carbons (Fsp3) is 0.455. The van der Waals surface area contributed by atoms with Crippen LogP contribution in [0.25, 0.3) is 0 Å². The SMILES string of the molecule is COc1cc(F)c(NCCC(C)N)cc1F. The molecule has 1 rings (SSSR count). The maximum Gasteiger partial charge on any atom is 0.167 e. The summed E-state index contributed by atoms with van der Waals surface area (Å²) in [4.78, 5) is 0. The Kier molecular flexibility index (Phi) is 4.49. The summed E-state index contributed by atoms with van der Waals surface area (Å²) in [6.45, 7) is 2.35. The lowest BCUT2D eigenvalue weighted by Gasteiger charge is -2.10. The van der Waals surface area contributed by atoms with E-state index in [1.54, 1.807) is 0 Å². The molecule has 0 saturated heterocycles. The van der Waals surface area contributed by atoms with Gasteiger partial charge in [-0.1, -0.05) is 0 Å². The van der Waals surface area contributed by atoms with Gasteiger partial charge < -0.3 is 15.8 Å². The summed E-state index contributed by atoms with van der Waals surface area (Å²) < 4.78 is 31.3. The average molecular weight is 230 g/mol. The molecule has 0 spiro atoms. The van der Waals surface area contributed by atoms with Crippen LogP contribution in [0.5, 0.6) is 5.75 Å². The van der Waals surface area contributed by atoms with Crippen molar-refractivity contribution in [2.24, 2.45) is 5.73 Å². The van der Waals surface area contributed by atoms with Crippen molar-refractivity contribution in [2.75, 3.05) is 19.0 Å². The number of benzene rings is 1. The first-order valence-corrected chi connectivity index (χ1v) is 5.07. The molecule has 0 fully saturated rings. The van der Waals surface area contributed by atoms with E-state index in [1.807, 2.05) is 6.92 Å². The van der Waals surface area contributed by atoms with Crippen LogP contribution < -0.4 is 15.8 Å². The molecule has 1 atom stereocenters. The molecule has 0 bridgehead atoms. The third kappa shape index (κ3) is 3.34. The number of hydrogen-bond acceptors (Lipinski definition) is 3. The summed E-state index contributed by atoms with van der Waals surface area (Å²) in [5, 5.41) is 2.79. The number of halogens is 2. The number of ether oxygens (including phenoxy) is 1. The molecule has 0 aliphatic heterocycles. The summed E-state index contributed by atoms with van der Waals surface area (Å²) in [5.41, 5.74) is 5.67. The van der Waals surface area contributed by atoms with Crippen LogP contribution in [0.4, 0.5) is 14.5 Å². The highest BCUT2D eigenvalue weighted by Gasteiger charge is 2.09. The molecule has 5 heteroatoms. The van der Waals surface area contributed by atoms with Crippen molar-refractivity contribution in [3.05, 3.63) is 23.8 Å². The smallest absolute Gasteiger partial charge is 0.167 e. The lowest BCUT2D eigenvalue weighted by molar-refractivity contribution is 0.383. The molecule has 0 aliphatic carbocycles. The predicted octanol–water partition coefficient (Wildman–Crippen LogP) is 2.12. The Morgan fingerprint density at radius 3 is 2.62 bits per heavy atom. The summed E-state index contributed by atoms with van der Waals surface area (Å²) in [6, 6.07) is 2.12. The maximum atomic E-state index is 13.4. The number of nitrogens with two attached hydrogens (primary N) is 1. The summed E-state index contributed by atoms with van der Waals surface area (Å²) in [7, 11) is 1.29. The van der Waals surface area contributed by atoms with E-state index in [-0.39, 0.29) is 17.5 Å². The Labute approximate surface area is 93.6 Å². The zero-order valence-corrected chi connectivity index (χ0v) is 9.39. The van der Waals surface area contributed by atoms with Crippen LogP contribution in [0.15, 0.2) is 12.1 Å². The highest BCUT2D eigenvalue weighted by atomic mass is 19.1. The fourth-order valence-corrected chi connectivity index (χ4v) is 1.25. The van der Waals surface area contributed by atoms with Gasteiger partial charge in [-0.25, -0.2) is 8.78 Å². The van der Waals surface area contributed by atoms with Gasteiger partial charge in [-0.05, 0) is 13.3 Å². The van der Waals surface area contributed by atoms with Crippen molar-refractivity contribution in [1.29, 1.82) is 0 Å². The quantitative estimate of drug-likeness (QED) is 0.814. The molecule has 0 saturated carbocycles. The van der Waals surface area contributed by atoms with Crippen LogP contribution in [0.2, 0.25) is 0 Å². The number of methoxy groups -OCH3 is 1. The van der Waals surface area contributed by atoms with E-state index in [4.69, 9.17) is 5.73 Å². The van der Waals surface area contributed by atoms with Gasteiger partial charge in [-0.15, -0.1) is 0 Å². The molecule has 3 nitrogen and oxygen atoms in total. The minimum Gasteiger partial charge on any atom is -0.494 e. The molecule has 3 N–H and O–H groups in total. The first kappa shape index (κ1) is 12.7. The molecular weight excluding hydrogens is 214 g/mol. The maximum absolute atomic E-state index is 13.4. The zero-order valence-electron chi connectivity index (χ0n) is 9.39. The van der Waals surface area contributed by atoms with Crippen molar-refractivity contribution < 1.29 is 13.5 Å². The van der Waals surface area contributed by atoms with Crippen molar-refractivity contribution in [3.63, 3.8) is 0 Å². The van der Waals surface area contributed by atoms with Crippen LogP contribution in [-0.4, -0.2) is 19.7 Å². The van der Waals surface area contributed by atoms with Crippen molar-refractivity contribution in [1.82, 2.24) is 0 Å². The van der Waals surface area contributed by atoms with Crippen LogP contribution in [-0.2, 0) is 0 Å². The lowest BCUT2D eigenvalue weighted by atomic mass is 10.2. The zero-order chi connectivity index (χ0) is 12.1. The minimum atomic E-state index is -0.591. The van der Waals surface area contributed by atoms with Crippen LogP contribution in [0.1, 0.15) is 13.3 Å². The van der Waals surface area contributed by atoms with Crippen LogP contribution >= 0.6 is 0 Å². The Bertz CT molecular complexity index is 356. The van der Waals surface area contributed by atoms with E-state index in [9.17, 15) is 8.78 Å². The van der Waals surface area contributed by atoms with E-state index >= 15 is 0 Å². The first-order chi connectivity index (χ1) is 7.54. The summed E-state index contributed by atoms with van der Waals surface area (Å²) in [6.07, 6.45) is 0.688. The lowest BCUT2D eigenvalue weighted by Crippen LogP contribution is -2.19. The third-order valence-corrected chi connectivity index (χ3v) is 2.16. The van der Waals surface area contributed by atoms with Gasteiger partial charge in [0, 0.05) is 24.7 Å². The second-order valence-electron chi connectivity index (χ2n) is 3.66. The number of rotatable bonds is 5. The van der Waals surface area contributed by atoms with Crippen molar-refractivity contribution >= 4 is 5.69 Å². The predicted molar refractivity (Wildman–Crippen MR) is 59.7 cm³/mol. The van der Waals surface area contributed by atoms with Gasteiger partial charge in [0.1, 0.15) is 5.82 Å². The van der Waals surface area contributed by atoms with E-state index in [2.05, 4.69) is 10.1 Å². The van der Waals surface area contributed by atoms with Gasteiger partial charge in [-0.3, -0.25) is 0 Å². The third-order valence-electron chi connectivity index (χ3n) is 2.16. The number of nitrogens with one attached hydrogen (secondary N) is 1. The monoisotopic (exact) mass is 230 g/mol. The molecule has 0 amide bonds.